The molecule has 0 saturated heterocycles. The second-order valence-electron chi connectivity index (χ2n) is 5.25. The van der Waals surface area contributed by atoms with E-state index in [0.717, 1.165) is 34.4 Å². The van der Waals surface area contributed by atoms with E-state index in [2.05, 4.69) is 6.07 Å². The molecule has 0 fully saturated rings. The van der Waals surface area contributed by atoms with Gasteiger partial charge in [-0.05, 0) is 42.7 Å². The molecule has 1 aliphatic carbocycles. The lowest BCUT2D eigenvalue weighted by molar-refractivity contribution is 0.0994. The molecule has 104 valence electrons. The maximum atomic E-state index is 11.7. The van der Waals surface area contributed by atoms with E-state index in [-0.39, 0.29) is 5.78 Å². The van der Waals surface area contributed by atoms with Crippen molar-refractivity contribution in [2.24, 2.45) is 0 Å². The van der Waals surface area contributed by atoms with Crippen LogP contribution in [0.15, 0.2) is 36.4 Å². The van der Waals surface area contributed by atoms with Crippen LogP contribution >= 0.6 is 0 Å². The Labute approximate surface area is 123 Å². The van der Waals surface area contributed by atoms with Gasteiger partial charge in [-0.3, -0.25) is 4.79 Å². The van der Waals surface area contributed by atoms with Gasteiger partial charge in [0.05, 0.1) is 11.6 Å². The van der Waals surface area contributed by atoms with Crippen LogP contribution in [0.1, 0.15) is 39.0 Å². The van der Waals surface area contributed by atoms with E-state index in [1.165, 1.54) is 0 Å². The lowest BCUT2D eigenvalue weighted by Crippen LogP contribution is -2.01. The van der Waals surface area contributed by atoms with Crippen molar-refractivity contribution in [3.8, 4) is 11.8 Å². The summed E-state index contributed by atoms with van der Waals surface area (Å²) >= 11 is 0. The molecule has 2 aromatic rings. The summed E-state index contributed by atoms with van der Waals surface area (Å²) in [5.74, 6) is 0.993. The van der Waals surface area contributed by atoms with Gasteiger partial charge < -0.3 is 4.74 Å². The summed E-state index contributed by atoms with van der Waals surface area (Å²) in [5, 5.41) is 8.88. The molecule has 21 heavy (non-hydrogen) atoms. The van der Waals surface area contributed by atoms with Gasteiger partial charge >= 0.3 is 0 Å². The zero-order chi connectivity index (χ0) is 14.8. The summed E-state index contributed by atoms with van der Waals surface area (Å²) in [6.45, 7) is 2.42. The van der Waals surface area contributed by atoms with Crippen molar-refractivity contribution >= 4 is 5.78 Å². The number of carbonyl (C=O) groups excluding carboxylic acids is 1. The molecule has 2 aromatic carbocycles. The third kappa shape index (κ3) is 2.53. The fraction of sp³-hybridized carbons (Fsp3) is 0.222. The smallest absolute Gasteiger partial charge is 0.163 e. The Hall–Kier alpha value is -2.60. The quantitative estimate of drug-likeness (QED) is 0.861. The van der Waals surface area contributed by atoms with Gasteiger partial charge in [0.1, 0.15) is 12.4 Å². The van der Waals surface area contributed by atoms with Gasteiger partial charge in [0.15, 0.2) is 5.78 Å². The summed E-state index contributed by atoms with van der Waals surface area (Å²) in [7, 11) is 0. The first kappa shape index (κ1) is 13.4. The van der Waals surface area contributed by atoms with Crippen molar-refractivity contribution in [3.05, 3.63) is 64.2 Å². The van der Waals surface area contributed by atoms with Crippen molar-refractivity contribution in [1.82, 2.24) is 0 Å². The number of Topliss-reactive ketones (excluding diaryl/α,β-unsaturated/α-hetero) is 1. The lowest BCUT2D eigenvalue weighted by atomic mass is 10.1. The van der Waals surface area contributed by atoms with Crippen molar-refractivity contribution in [1.29, 1.82) is 5.26 Å². The highest BCUT2D eigenvalue weighted by atomic mass is 16.5. The number of nitrogens with zero attached hydrogens (tertiary/aromatic N) is 1. The Morgan fingerprint density at radius 3 is 2.86 bits per heavy atom. The van der Waals surface area contributed by atoms with E-state index >= 15 is 0 Å². The largest absolute Gasteiger partial charge is 0.489 e. The molecule has 0 aliphatic heterocycles. The summed E-state index contributed by atoms with van der Waals surface area (Å²) in [6.07, 6.45) is 1.34. The van der Waals surface area contributed by atoms with Crippen LogP contribution in [-0.4, -0.2) is 5.78 Å². The number of ketones is 1. The number of hydrogen-bond donors (Lipinski definition) is 0. The highest BCUT2D eigenvalue weighted by Gasteiger charge is 2.22. The van der Waals surface area contributed by atoms with Gasteiger partial charge in [0, 0.05) is 17.5 Å². The van der Waals surface area contributed by atoms with E-state index in [1.54, 1.807) is 6.07 Å². The number of aryl methyl sites for hydroxylation is 1. The SMILES string of the molecule is Cc1cc(C#N)ccc1COc1cccc2c1CCC2=O. The third-order valence-corrected chi connectivity index (χ3v) is 3.89. The maximum Gasteiger partial charge on any atom is 0.163 e. The molecule has 0 N–H and O–H groups in total. The fourth-order valence-electron chi connectivity index (χ4n) is 2.68. The minimum Gasteiger partial charge on any atom is -0.489 e. The van der Waals surface area contributed by atoms with E-state index in [0.29, 0.717) is 18.6 Å². The van der Waals surface area contributed by atoms with Crippen LogP contribution in [0.5, 0.6) is 5.75 Å². The Kier molecular flexibility index (Phi) is 3.45. The molecule has 0 amide bonds. The van der Waals surface area contributed by atoms with Crippen LogP contribution in [0.4, 0.5) is 0 Å². The Morgan fingerprint density at radius 2 is 2.10 bits per heavy atom. The molecule has 3 rings (SSSR count). The summed E-state index contributed by atoms with van der Waals surface area (Å²) in [4.78, 5) is 11.7. The van der Waals surface area contributed by atoms with Crippen LogP contribution in [0, 0.1) is 18.3 Å². The monoisotopic (exact) mass is 277 g/mol. The molecule has 3 nitrogen and oxygen atoms in total. The molecule has 0 atom stereocenters. The molecule has 0 saturated carbocycles. The molecule has 0 bridgehead atoms. The predicted octanol–water partition coefficient (Wildman–Crippen LogP) is 3.57. The number of fused-ring (bicyclic) bond motifs is 1. The van der Waals surface area contributed by atoms with E-state index < -0.39 is 0 Å². The van der Waals surface area contributed by atoms with Gasteiger partial charge in [0.25, 0.3) is 0 Å². The molecule has 1 aliphatic rings. The van der Waals surface area contributed by atoms with Crippen molar-refractivity contribution in [2.45, 2.75) is 26.4 Å². The molecular formula is C18H15NO2. The number of hydrogen-bond acceptors (Lipinski definition) is 3. The third-order valence-electron chi connectivity index (χ3n) is 3.89. The van der Waals surface area contributed by atoms with Gasteiger partial charge in [-0.25, -0.2) is 0 Å². The van der Waals surface area contributed by atoms with Crippen molar-refractivity contribution in [3.63, 3.8) is 0 Å². The average Bonchev–Trinajstić information content (AvgIpc) is 2.88. The Bertz CT molecular complexity index is 756. The standard InChI is InChI=1S/C18H15NO2/c1-12-9-13(10-19)5-6-14(12)11-21-18-4-2-3-15-16(18)7-8-17(15)20/h2-6,9H,7-8,11H2,1H3. The van der Waals surface area contributed by atoms with Crippen LogP contribution in [0.25, 0.3) is 0 Å². The summed E-state index contributed by atoms with van der Waals surface area (Å²) < 4.78 is 5.90. The first-order valence-corrected chi connectivity index (χ1v) is 6.96. The van der Waals surface area contributed by atoms with Gasteiger partial charge in [-0.15, -0.1) is 0 Å². The Balaban J connectivity index is 1.81. The number of carbonyl (C=O) groups is 1. The molecule has 0 aromatic heterocycles. The number of ether oxygens (including phenoxy) is 1. The second kappa shape index (κ2) is 5.41. The first-order chi connectivity index (χ1) is 10.2. The van der Waals surface area contributed by atoms with Gasteiger partial charge in [0.2, 0.25) is 0 Å². The number of benzene rings is 2. The van der Waals surface area contributed by atoms with Crippen molar-refractivity contribution < 1.29 is 9.53 Å². The van der Waals surface area contributed by atoms with Crippen LogP contribution < -0.4 is 4.74 Å². The zero-order valence-electron chi connectivity index (χ0n) is 11.8. The second-order valence-corrected chi connectivity index (χ2v) is 5.25. The van der Waals surface area contributed by atoms with Gasteiger partial charge in [-0.1, -0.05) is 18.2 Å². The molecular weight excluding hydrogens is 262 g/mol. The Morgan fingerprint density at radius 1 is 1.24 bits per heavy atom. The molecule has 0 spiro atoms. The van der Waals surface area contributed by atoms with E-state index in [9.17, 15) is 4.79 Å². The maximum absolute atomic E-state index is 11.7. The minimum atomic E-state index is 0.199. The molecule has 3 heteroatoms. The first-order valence-electron chi connectivity index (χ1n) is 6.96. The predicted molar refractivity (Wildman–Crippen MR) is 79.3 cm³/mol. The fourth-order valence-corrected chi connectivity index (χ4v) is 2.68. The molecule has 0 unspecified atom stereocenters. The lowest BCUT2D eigenvalue weighted by Gasteiger charge is -2.12. The minimum absolute atomic E-state index is 0.199. The normalized spacial score (nSPS) is 12.9. The summed E-state index contributed by atoms with van der Waals surface area (Å²) in [5.41, 5.74) is 4.56. The average molecular weight is 277 g/mol. The highest BCUT2D eigenvalue weighted by molar-refractivity contribution is 6.01. The number of rotatable bonds is 3. The van der Waals surface area contributed by atoms with Crippen LogP contribution in [0.3, 0.4) is 0 Å². The molecule has 0 heterocycles. The summed E-state index contributed by atoms with van der Waals surface area (Å²) in [6, 6.07) is 13.3. The highest BCUT2D eigenvalue weighted by Crippen LogP contribution is 2.31. The van der Waals surface area contributed by atoms with Crippen LogP contribution in [-0.2, 0) is 13.0 Å². The zero-order valence-corrected chi connectivity index (χ0v) is 11.8. The number of nitriles is 1. The van der Waals surface area contributed by atoms with E-state index in [4.69, 9.17) is 10.00 Å². The molecule has 0 radical (unpaired) electrons. The van der Waals surface area contributed by atoms with E-state index in [1.807, 2.05) is 37.3 Å². The van der Waals surface area contributed by atoms with Crippen molar-refractivity contribution in [2.75, 3.05) is 0 Å². The van der Waals surface area contributed by atoms with Gasteiger partial charge in [-0.2, -0.15) is 5.26 Å². The van der Waals surface area contributed by atoms with Crippen LogP contribution in [0.2, 0.25) is 0 Å². The topological polar surface area (TPSA) is 50.1 Å².